The van der Waals surface area contributed by atoms with Crippen LogP contribution in [0.4, 0.5) is 0 Å². The number of sulfonamides is 1. The van der Waals surface area contributed by atoms with Crippen LogP contribution in [-0.2, 0) is 15.4 Å². The van der Waals surface area contributed by atoms with E-state index in [1.807, 2.05) is 32.9 Å². The van der Waals surface area contributed by atoms with Crippen molar-refractivity contribution in [1.82, 2.24) is 4.31 Å². The zero-order valence-corrected chi connectivity index (χ0v) is 13.7. The second-order valence-corrected chi connectivity index (χ2v) is 8.20. The highest BCUT2D eigenvalue weighted by Crippen LogP contribution is 2.21. The van der Waals surface area contributed by atoms with Gasteiger partial charge in [-0.05, 0) is 23.1 Å². The maximum Gasteiger partial charge on any atom is 0.242 e. The highest BCUT2D eigenvalue weighted by Gasteiger charge is 2.24. The van der Waals surface area contributed by atoms with E-state index in [1.54, 1.807) is 19.2 Å². The summed E-state index contributed by atoms with van der Waals surface area (Å²) in [5, 5.41) is 0.727. The zero-order valence-electron chi connectivity index (χ0n) is 11.3. The van der Waals surface area contributed by atoms with Crippen molar-refractivity contribution in [3.8, 4) is 0 Å². The van der Waals surface area contributed by atoms with Crippen molar-refractivity contribution in [3.05, 3.63) is 29.8 Å². The van der Waals surface area contributed by atoms with Gasteiger partial charge in [0.1, 0.15) is 0 Å². The van der Waals surface area contributed by atoms with Crippen molar-refractivity contribution in [2.75, 3.05) is 13.6 Å². The Kier molecular flexibility index (Phi) is 4.98. The number of hydrogen-bond donors (Lipinski definition) is 0. The molecule has 0 bridgehead atoms. The molecule has 0 aliphatic rings. The topological polar surface area (TPSA) is 37.4 Å². The van der Waals surface area contributed by atoms with Crippen LogP contribution in [0, 0.1) is 5.41 Å². The Morgan fingerprint density at radius 3 is 2.06 bits per heavy atom. The van der Waals surface area contributed by atoms with Gasteiger partial charge in [0.25, 0.3) is 0 Å². The molecule has 102 valence electrons. The molecule has 1 aromatic carbocycles. The molecule has 1 rings (SSSR count). The molecular weight excluding hydrogens is 314 g/mol. The molecule has 1 aromatic rings. The predicted octanol–water partition coefficient (Wildman–Crippen LogP) is 3.25. The summed E-state index contributed by atoms with van der Waals surface area (Å²) in [6.07, 6.45) is 0. The van der Waals surface area contributed by atoms with Crippen molar-refractivity contribution in [2.45, 2.75) is 31.0 Å². The van der Waals surface area contributed by atoms with Gasteiger partial charge in [0.2, 0.25) is 10.0 Å². The fourth-order valence-electron chi connectivity index (χ4n) is 1.68. The van der Waals surface area contributed by atoms with Crippen LogP contribution in [0.3, 0.4) is 0 Å². The predicted molar refractivity (Wildman–Crippen MR) is 78.3 cm³/mol. The molecule has 0 unspecified atom stereocenters. The Hall–Kier alpha value is -0.390. The van der Waals surface area contributed by atoms with Crippen LogP contribution in [0.1, 0.15) is 26.3 Å². The zero-order chi connectivity index (χ0) is 14.0. The standard InChI is InChI=1S/C13H20BrNO2S/c1-13(2,3)10-15(4)18(16,17)12-7-5-11(9-14)6-8-12/h5-8H,9-10H2,1-4H3. The van der Waals surface area contributed by atoms with Crippen LogP contribution >= 0.6 is 15.9 Å². The first kappa shape index (κ1) is 15.7. The molecule has 0 aliphatic heterocycles. The minimum Gasteiger partial charge on any atom is -0.207 e. The van der Waals surface area contributed by atoms with E-state index in [9.17, 15) is 8.42 Å². The van der Waals surface area contributed by atoms with Crippen molar-refractivity contribution < 1.29 is 8.42 Å². The summed E-state index contributed by atoms with van der Waals surface area (Å²) in [6, 6.07) is 6.97. The van der Waals surface area contributed by atoms with E-state index in [0.717, 1.165) is 10.9 Å². The Labute approximate surface area is 118 Å². The monoisotopic (exact) mass is 333 g/mol. The average molecular weight is 334 g/mol. The third-order valence-corrected chi connectivity index (χ3v) is 4.95. The lowest BCUT2D eigenvalue weighted by Crippen LogP contribution is -2.34. The molecule has 0 aromatic heterocycles. The van der Waals surface area contributed by atoms with Crippen LogP contribution in [0.25, 0.3) is 0 Å². The fraction of sp³-hybridized carbons (Fsp3) is 0.538. The van der Waals surface area contributed by atoms with Gasteiger partial charge in [-0.2, -0.15) is 0 Å². The molecular formula is C13H20BrNO2S. The Morgan fingerprint density at radius 2 is 1.67 bits per heavy atom. The molecule has 0 heterocycles. The first-order valence-electron chi connectivity index (χ1n) is 5.78. The van der Waals surface area contributed by atoms with Gasteiger partial charge in [-0.1, -0.05) is 48.8 Å². The van der Waals surface area contributed by atoms with Crippen LogP contribution < -0.4 is 0 Å². The molecule has 5 heteroatoms. The van der Waals surface area contributed by atoms with E-state index in [-0.39, 0.29) is 5.41 Å². The summed E-state index contributed by atoms with van der Waals surface area (Å²) in [6.45, 7) is 6.56. The maximum atomic E-state index is 12.3. The SMILES string of the molecule is CN(CC(C)(C)C)S(=O)(=O)c1ccc(CBr)cc1. The molecule has 0 saturated carbocycles. The van der Waals surface area contributed by atoms with Crippen LogP contribution in [0.2, 0.25) is 0 Å². The third-order valence-electron chi connectivity index (χ3n) is 2.48. The second kappa shape index (κ2) is 5.72. The number of benzene rings is 1. The largest absolute Gasteiger partial charge is 0.242 e. The third kappa shape index (κ3) is 4.07. The number of rotatable bonds is 4. The number of halogens is 1. The summed E-state index contributed by atoms with van der Waals surface area (Å²) in [7, 11) is -1.76. The van der Waals surface area contributed by atoms with Gasteiger partial charge in [0, 0.05) is 18.9 Å². The van der Waals surface area contributed by atoms with Crippen LogP contribution in [-0.4, -0.2) is 26.3 Å². The van der Waals surface area contributed by atoms with Crippen molar-refractivity contribution in [1.29, 1.82) is 0 Å². The Bertz CT molecular complexity index is 489. The summed E-state index contributed by atoms with van der Waals surface area (Å²) >= 11 is 3.34. The maximum absolute atomic E-state index is 12.3. The molecule has 0 atom stereocenters. The van der Waals surface area contributed by atoms with Crippen molar-refractivity contribution in [2.24, 2.45) is 5.41 Å². The van der Waals surface area contributed by atoms with Gasteiger partial charge in [0.05, 0.1) is 4.90 Å². The smallest absolute Gasteiger partial charge is 0.207 e. The second-order valence-electron chi connectivity index (χ2n) is 5.60. The molecule has 0 radical (unpaired) electrons. The molecule has 18 heavy (non-hydrogen) atoms. The number of nitrogens with zero attached hydrogens (tertiary/aromatic N) is 1. The lowest BCUT2D eigenvalue weighted by Gasteiger charge is -2.26. The van der Waals surface area contributed by atoms with E-state index in [4.69, 9.17) is 0 Å². The van der Waals surface area contributed by atoms with Crippen LogP contribution in [0.5, 0.6) is 0 Å². The molecule has 0 N–H and O–H groups in total. The highest BCUT2D eigenvalue weighted by molar-refractivity contribution is 9.08. The van der Waals surface area contributed by atoms with Gasteiger partial charge in [-0.25, -0.2) is 12.7 Å². The Balaban J connectivity index is 2.98. The summed E-state index contributed by atoms with van der Waals surface area (Å²) in [5.41, 5.74) is 1.00. The lowest BCUT2D eigenvalue weighted by atomic mass is 9.97. The molecule has 0 saturated heterocycles. The van der Waals surface area contributed by atoms with E-state index >= 15 is 0 Å². The lowest BCUT2D eigenvalue weighted by molar-refractivity contribution is 0.311. The van der Waals surface area contributed by atoms with E-state index in [2.05, 4.69) is 15.9 Å². The molecule has 3 nitrogen and oxygen atoms in total. The Morgan fingerprint density at radius 1 is 1.17 bits per heavy atom. The normalized spacial score (nSPS) is 13.0. The first-order chi connectivity index (χ1) is 8.16. The highest BCUT2D eigenvalue weighted by atomic mass is 79.9. The minimum atomic E-state index is -3.38. The van der Waals surface area contributed by atoms with E-state index in [1.165, 1.54) is 4.31 Å². The fourth-order valence-corrected chi connectivity index (χ4v) is 3.45. The molecule has 0 spiro atoms. The van der Waals surface area contributed by atoms with Crippen molar-refractivity contribution >= 4 is 26.0 Å². The van der Waals surface area contributed by atoms with E-state index in [0.29, 0.717) is 11.4 Å². The van der Waals surface area contributed by atoms with Gasteiger partial charge in [-0.3, -0.25) is 0 Å². The van der Waals surface area contributed by atoms with Gasteiger partial charge < -0.3 is 0 Å². The van der Waals surface area contributed by atoms with Gasteiger partial charge >= 0.3 is 0 Å². The first-order valence-corrected chi connectivity index (χ1v) is 8.34. The van der Waals surface area contributed by atoms with Crippen molar-refractivity contribution in [3.63, 3.8) is 0 Å². The van der Waals surface area contributed by atoms with Gasteiger partial charge in [0.15, 0.2) is 0 Å². The van der Waals surface area contributed by atoms with Gasteiger partial charge in [-0.15, -0.1) is 0 Å². The molecule has 0 amide bonds. The number of alkyl halides is 1. The molecule has 0 aliphatic carbocycles. The summed E-state index contributed by atoms with van der Waals surface area (Å²) in [4.78, 5) is 0.346. The van der Waals surface area contributed by atoms with E-state index < -0.39 is 10.0 Å². The summed E-state index contributed by atoms with van der Waals surface area (Å²) in [5.74, 6) is 0. The number of hydrogen-bond acceptors (Lipinski definition) is 2. The quantitative estimate of drug-likeness (QED) is 0.793. The average Bonchev–Trinajstić information content (AvgIpc) is 2.27. The minimum absolute atomic E-state index is 0.0579. The molecule has 0 fully saturated rings. The van der Waals surface area contributed by atoms with Crippen LogP contribution in [0.15, 0.2) is 29.2 Å². The summed E-state index contributed by atoms with van der Waals surface area (Å²) < 4.78 is 26.1.